The molecule has 0 bridgehead atoms. The first-order valence-electron chi connectivity index (χ1n) is 11.5. The average molecular weight is 453 g/mol. The number of aromatic amines is 1. The van der Waals surface area contributed by atoms with Crippen LogP contribution < -0.4 is 14.8 Å². The number of fused-ring (bicyclic) bond motifs is 2. The number of anilines is 1. The largest absolute Gasteiger partial charge is 0.493 e. The summed E-state index contributed by atoms with van der Waals surface area (Å²) in [5.74, 6) is 3.94. The van der Waals surface area contributed by atoms with E-state index in [1.807, 2.05) is 30.5 Å². The van der Waals surface area contributed by atoms with Gasteiger partial charge in [0.05, 0.1) is 24.4 Å². The van der Waals surface area contributed by atoms with Crippen molar-refractivity contribution < 1.29 is 14.3 Å². The lowest BCUT2D eigenvalue weighted by Gasteiger charge is -2.25. The first-order chi connectivity index (χ1) is 16.6. The van der Waals surface area contributed by atoms with Gasteiger partial charge < -0.3 is 19.8 Å². The fourth-order valence-corrected chi connectivity index (χ4v) is 4.51. The van der Waals surface area contributed by atoms with E-state index in [-0.39, 0.29) is 11.8 Å². The van der Waals surface area contributed by atoms with Gasteiger partial charge in [-0.1, -0.05) is 29.8 Å². The Morgan fingerprint density at radius 2 is 1.94 bits per heavy atom. The second kappa shape index (κ2) is 8.33. The van der Waals surface area contributed by atoms with Crippen LogP contribution in [0, 0.1) is 6.92 Å². The summed E-state index contributed by atoms with van der Waals surface area (Å²) >= 11 is 0. The number of nitrogens with one attached hydrogen (secondary N) is 2. The zero-order chi connectivity index (χ0) is 23.1. The minimum Gasteiger partial charge on any atom is -0.493 e. The topological polar surface area (TPSA) is 89.1 Å². The number of H-pyrrole nitrogens is 1. The summed E-state index contributed by atoms with van der Waals surface area (Å²) in [7, 11) is 0. The highest BCUT2D eigenvalue weighted by Gasteiger charge is 2.25. The summed E-state index contributed by atoms with van der Waals surface area (Å²) in [5, 5.41) is 2.82. The van der Waals surface area contributed by atoms with E-state index in [9.17, 15) is 4.79 Å². The lowest BCUT2D eigenvalue weighted by molar-refractivity contribution is -0.116. The van der Waals surface area contributed by atoms with Crippen molar-refractivity contribution >= 4 is 11.7 Å². The quantitative estimate of drug-likeness (QED) is 0.446. The second-order valence-corrected chi connectivity index (χ2v) is 8.82. The maximum Gasteiger partial charge on any atom is 0.225 e. The van der Waals surface area contributed by atoms with E-state index in [2.05, 4.69) is 51.5 Å². The maximum absolute atomic E-state index is 11.7. The number of benzene rings is 2. The summed E-state index contributed by atoms with van der Waals surface area (Å²) < 4.78 is 12.3. The molecule has 34 heavy (non-hydrogen) atoms. The van der Waals surface area contributed by atoms with Gasteiger partial charge in [0.2, 0.25) is 5.91 Å². The Labute approximate surface area is 197 Å². The highest BCUT2D eigenvalue weighted by Crippen LogP contribution is 2.37. The van der Waals surface area contributed by atoms with Crippen molar-refractivity contribution in [3.05, 3.63) is 83.4 Å². The minimum absolute atomic E-state index is 0.0161. The number of pyridine rings is 1. The molecule has 2 aromatic heterocycles. The van der Waals surface area contributed by atoms with Gasteiger partial charge in [0.25, 0.3) is 0 Å². The molecule has 1 atom stereocenters. The number of aromatic nitrogens is 3. The summed E-state index contributed by atoms with van der Waals surface area (Å²) in [6.45, 7) is 2.66. The summed E-state index contributed by atoms with van der Waals surface area (Å²) in [6.07, 6.45) is 5.39. The third-order valence-corrected chi connectivity index (χ3v) is 6.38. The van der Waals surface area contributed by atoms with E-state index in [1.165, 1.54) is 5.56 Å². The van der Waals surface area contributed by atoms with Gasteiger partial charge in [-0.15, -0.1) is 0 Å². The standard InChI is InChI=1S/C27H24N4O3/c1-16-2-4-17(5-3-16)22-14-29-26(30-22)19-12-18-13-20(6-8-23(18)33-15-19)34-24-10-11-28-27-21(24)7-9-25(32)31-27/h2-6,8,10-11,13-14,19H,7,9,12,15H2,1H3,(H,29,30)(H,28,31,32). The van der Waals surface area contributed by atoms with Crippen molar-refractivity contribution in [1.29, 1.82) is 0 Å². The minimum atomic E-state index is -0.0161. The van der Waals surface area contributed by atoms with Crippen LogP contribution in [0.3, 0.4) is 0 Å². The van der Waals surface area contributed by atoms with Gasteiger partial charge in [-0.25, -0.2) is 9.97 Å². The monoisotopic (exact) mass is 452 g/mol. The van der Waals surface area contributed by atoms with Crippen molar-refractivity contribution in [3.63, 3.8) is 0 Å². The number of carbonyl (C=O) groups is 1. The Morgan fingerprint density at radius 3 is 2.82 bits per heavy atom. The predicted octanol–water partition coefficient (Wildman–Crippen LogP) is 5.18. The summed E-state index contributed by atoms with van der Waals surface area (Å²) in [6, 6.07) is 16.1. The molecule has 1 unspecified atom stereocenters. The Kier molecular flexibility index (Phi) is 5.02. The van der Waals surface area contributed by atoms with E-state index in [0.29, 0.717) is 31.0 Å². The molecule has 0 saturated heterocycles. The number of nitrogens with zero attached hydrogens (tertiary/aromatic N) is 2. The molecule has 170 valence electrons. The zero-order valence-electron chi connectivity index (χ0n) is 18.8. The van der Waals surface area contributed by atoms with Gasteiger partial charge in [-0.2, -0.15) is 0 Å². The molecule has 7 nitrogen and oxygen atoms in total. The lowest BCUT2D eigenvalue weighted by Crippen LogP contribution is -2.20. The Bertz CT molecular complexity index is 1380. The fraction of sp³-hybridized carbons (Fsp3) is 0.222. The third kappa shape index (κ3) is 3.90. The number of hydrogen-bond acceptors (Lipinski definition) is 5. The first-order valence-corrected chi connectivity index (χ1v) is 11.5. The molecule has 0 spiro atoms. The SMILES string of the molecule is Cc1ccc(-c2cnc(C3COc4ccc(Oc5ccnc6c5CCC(=O)N6)cc4C3)[nH]2)cc1. The molecule has 2 N–H and O–H groups in total. The number of hydrogen-bond donors (Lipinski definition) is 2. The Hall–Kier alpha value is -4.13. The molecule has 2 aliphatic rings. The smallest absolute Gasteiger partial charge is 0.225 e. The predicted molar refractivity (Wildman–Crippen MR) is 128 cm³/mol. The third-order valence-electron chi connectivity index (χ3n) is 6.38. The van der Waals surface area contributed by atoms with Gasteiger partial charge in [0.1, 0.15) is 28.9 Å². The zero-order valence-corrected chi connectivity index (χ0v) is 18.8. The van der Waals surface area contributed by atoms with E-state index in [1.54, 1.807) is 6.20 Å². The lowest BCUT2D eigenvalue weighted by atomic mass is 9.96. The van der Waals surface area contributed by atoms with Gasteiger partial charge in [-0.05, 0) is 55.2 Å². The summed E-state index contributed by atoms with van der Waals surface area (Å²) in [5.41, 5.74) is 5.36. The number of rotatable bonds is 4. The van der Waals surface area contributed by atoms with Crippen LogP contribution in [0.15, 0.2) is 60.9 Å². The van der Waals surface area contributed by atoms with Crippen molar-refractivity contribution in [2.45, 2.75) is 32.1 Å². The van der Waals surface area contributed by atoms with E-state index < -0.39 is 0 Å². The van der Waals surface area contributed by atoms with Crippen LogP contribution in [0.1, 0.15) is 34.9 Å². The second-order valence-electron chi connectivity index (χ2n) is 8.82. The van der Waals surface area contributed by atoms with Gasteiger partial charge in [0, 0.05) is 18.2 Å². The van der Waals surface area contributed by atoms with Crippen molar-refractivity contribution in [3.8, 4) is 28.5 Å². The molecule has 0 fully saturated rings. The van der Waals surface area contributed by atoms with Crippen LogP contribution in [0.2, 0.25) is 0 Å². The van der Waals surface area contributed by atoms with Crippen molar-refractivity contribution in [2.75, 3.05) is 11.9 Å². The number of amides is 1. The molecule has 7 heteroatoms. The normalized spacial score (nSPS) is 16.7. The molecular weight excluding hydrogens is 428 g/mol. The van der Waals surface area contributed by atoms with Crippen molar-refractivity contribution in [1.82, 2.24) is 15.0 Å². The van der Waals surface area contributed by atoms with E-state index >= 15 is 0 Å². The number of carbonyl (C=O) groups excluding carboxylic acids is 1. The Morgan fingerprint density at radius 1 is 1.06 bits per heavy atom. The molecule has 2 aliphatic heterocycles. The van der Waals surface area contributed by atoms with Crippen LogP contribution in [0.25, 0.3) is 11.3 Å². The van der Waals surface area contributed by atoms with Crippen LogP contribution in [0.5, 0.6) is 17.2 Å². The van der Waals surface area contributed by atoms with Crippen LogP contribution in [0.4, 0.5) is 5.82 Å². The Balaban J connectivity index is 1.22. The molecule has 4 aromatic rings. The number of imidazole rings is 1. The highest BCUT2D eigenvalue weighted by molar-refractivity contribution is 5.93. The maximum atomic E-state index is 11.7. The van der Waals surface area contributed by atoms with Crippen LogP contribution in [-0.4, -0.2) is 27.5 Å². The van der Waals surface area contributed by atoms with E-state index in [0.717, 1.165) is 46.1 Å². The number of ether oxygens (including phenoxy) is 2. The van der Waals surface area contributed by atoms with Crippen LogP contribution >= 0.6 is 0 Å². The molecule has 0 saturated carbocycles. The molecule has 0 aliphatic carbocycles. The molecule has 2 aromatic carbocycles. The van der Waals surface area contributed by atoms with E-state index in [4.69, 9.17) is 9.47 Å². The van der Waals surface area contributed by atoms with Gasteiger partial charge in [0.15, 0.2) is 0 Å². The molecule has 6 rings (SSSR count). The first kappa shape index (κ1) is 20.5. The average Bonchev–Trinajstić information content (AvgIpc) is 3.34. The molecule has 1 amide bonds. The summed E-state index contributed by atoms with van der Waals surface area (Å²) in [4.78, 5) is 24.1. The number of aryl methyl sites for hydroxylation is 1. The van der Waals surface area contributed by atoms with Crippen LogP contribution in [-0.2, 0) is 17.6 Å². The fourth-order valence-electron chi connectivity index (χ4n) is 4.51. The highest BCUT2D eigenvalue weighted by atomic mass is 16.5. The molecule has 4 heterocycles. The van der Waals surface area contributed by atoms with Crippen molar-refractivity contribution in [2.24, 2.45) is 0 Å². The van der Waals surface area contributed by atoms with Gasteiger partial charge >= 0.3 is 0 Å². The molecular formula is C27H24N4O3. The molecule has 0 radical (unpaired) electrons. The van der Waals surface area contributed by atoms with Gasteiger partial charge in [-0.3, -0.25) is 4.79 Å².